The Morgan fingerprint density at radius 3 is 2.33 bits per heavy atom. The molecule has 0 aliphatic heterocycles. The van der Waals surface area contributed by atoms with Gasteiger partial charge in [0.2, 0.25) is 5.91 Å². The van der Waals surface area contributed by atoms with E-state index in [0.717, 1.165) is 44.6 Å². The highest BCUT2D eigenvalue weighted by Crippen LogP contribution is 2.37. The van der Waals surface area contributed by atoms with Crippen molar-refractivity contribution in [3.63, 3.8) is 0 Å². The van der Waals surface area contributed by atoms with E-state index in [0.29, 0.717) is 6.54 Å². The van der Waals surface area contributed by atoms with Crippen LogP contribution in [0.2, 0.25) is 0 Å². The Hall–Kier alpha value is -1.14. The van der Waals surface area contributed by atoms with Crippen LogP contribution in [0.25, 0.3) is 0 Å². The van der Waals surface area contributed by atoms with E-state index in [9.17, 15) is 9.59 Å². The normalized spacial score (nSPS) is 25.8. The van der Waals surface area contributed by atoms with E-state index in [1.807, 2.05) is 0 Å². The summed E-state index contributed by atoms with van der Waals surface area (Å²) in [5.74, 6) is 0.425. The van der Waals surface area contributed by atoms with Crippen molar-refractivity contribution in [1.29, 1.82) is 0 Å². The van der Waals surface area contributed by atoms with Crippen LogP contribution in [0, 0.1) is 5.92 Å². The van der Waals surface area contributed by atoms with E-state index < -0.39 is 6.03 Å². The number of carbonyl (C=O) groups is 2. The molecule has 0 atom stereocenters. The second-order valence-electron chi connectivity index (χ2n) is 6.11. The maximum atomic E-state index is 11.9. The monoisotopic (exact) mass is 298 g/mol. The first kappa shape index (κ1) is 17.9. The molecule has 0 aromatic rings. The number of nitrogens with one attached hydrogen (secondary N) is 1. The van der Waals surface area contributed by atoms with Crippen molar-refractivity contribution in [3.05, 3.63) is 0 Å². The Morgan fingerprint density at radius 2 is 1.90 bits per heavy atom. The number of rotatable bonds is 7. The fourth-order valence-corrected chi connectivity index (χ4v) is 3.38. The Kier molecular flexibility index (Phi) is 7.11. The average molecular weight is 298 g/mol. The minimum atomic E-state index is -0.798. The summed E-state index contributed by atoms with van der Waals surface area (Å²) in [4.78, 5) is 24.8. The van der Waals surface area contributed by atoms with Crippen LogP contribution < -0.4 is 16.8 Å². The molecule has 6 nitrogen and oxygen atoms in total. The molecule has 0 spiro atoms. The van der Waals surface area contributed by atoms with E-state index in [1.165, 1.54) is 6.42 Å². The molecule has 0 saturated heterocycles. The van der Waals surface area contributed by atoms with Gasteiger partial charge in [-0.1, -0.05) is 20.3 Å². The molecule has 1 fully saturated rings. The summed E-state index contributed by atoms with van der Waals surface area (Å²) in [5, 5.41) is 2.15. The molecular formula is C15H30N4O2. The number of primary amides is 1. The number of hydrogen-bond donors (Lipinski definition) is 3. The highest BCUT2D eigenvalue weighted by molar-refractivity contribution is 5.94. The van der Waals surface area contributed by atoms with Crippen LogP contribution in [0.4, 0.5) is 4.79 Å². The van der Waals surface area contributed by atoms with Crippen LogP contribution in [0.5, 0.6) is 0 Å². The molecule has 1 aliphatic carbocycles. The molecule has 0 unspecified atom stereocenters. The van der Waals surface area contributed by atoms with Crippen molar-refractivity contribution in [1.82, 2.24) is 10.2 Å². The molecule has 0 bridgehead atoms. The minimum Gasteiger partial charge on any atom is -0.351 e. The second-order valence-corrected chi connectivity index (χ2v) is 6.11. The average Bonchev–Trinajstić information content (AvgIpc) is 2.46. The summed E-state index contributed by atoms with van der Waals surface area (Å²) in [6, 6.07) is -0.798. The molecule has 1 aliphatic rings. The van der Waals surface area contributed by atoms with Crippen molar-refractivity contribution in [2.24, 2.45) is 17.4 Å². The van der Waals surface area contributed by atoms with Gasteiger partial charge in [0.05, 0.1) is 6.54 Å². The lowest BCUT2D eigenvalue weighted by molar-refractivity contribution is -0.123. The molecule has 3 amide bonds. The van der Waals surface area contributed by atoms with Gasteiger partial charge in [0, 0.05) is 12.1 Å². The number of hydrogen-bond acceptors (Lipinski definition) is 4. The quantitative estimate of drug-likeness (QED) is 0.657. The first-order valence-corrected chi connectivity index (χ1v) is 8.01. The molecule has 1 rings (SSSR count). The van der Waals surface area contributed by atoms with Crippen molar-refractivity contribution >= 4 is 11.9 Å². The van der Waals surface area contributed by atoms with Gasteiger partial charge in [0.1, 0.15) is 0 Å². The SMILES string of the molecule is CCCN(CC(=O)NC(N)=O)C1(CN)CCC(CC)CC1. The van der Waals surface area contributed by atoms with Crippen molar-refractivity contribution in [3.8, 4) is 0 Å². The Bertz CT molecular complexity index is 352. The van der Waals surface area contributed by atoms with Gasteiger partial charge in [-0.3, -0.25) is 15.0 Å². The van der Waals surface area contributed by atoms with Gasteiger partial charge < -0.3 is 11.5 Å². The third-order valence-corrected chi connectivity index (χ3v) is 4.75. The lowest BCUT2D eigenvalue weighted by atomic mass is 9.74. The highest BCUT2D eigenvalue weighted by Gasteiger charge is 2.39. The highest BCUT2D eigenvalue weighted by atomic mass is 16.2. The van der Waals surface area contributed by atoms with E-state index in [1.54, 1.807) is 0 Å². The fraction of sp³-hybridized carbons (Fsp3) is 0.867. The number of carbonyl (C=O) groups excluding carboxylic acids is 2. The molecular weight excluding hydrogens is 268 g/mol. The first-order valence-electron chi connectivity index (χ1n) is 8.01. The Labute approximate surface area is 127 Å². The van der Waals surface area contributed by atoms with E-state index in [4.69, 9.17) is 11.5 Å². The Balaban J connectivity index is 2.75. The second kappa shape index (κ2) is 8.34. The third kappa shape index (κ3) is 4.97. The number of nitrogens with zero attached hydrogens (tertiary/aromatic N) is 1. The molecule has 21 heavy (non-hydrogen) atoms. The van der Waals surface area contributed by atoms with Gasteiger partial charge in [-0.25, -0.2) is 4.79 Å². The lowest BCUT2D eigenvalue weighted by Crippen LogP contribution is -2.58. The lowest BCUT2D eigenvalue weighted by Gasteiger charge is -2.47. The van der Waals surface area contributed by atoms with Crippen LogP contribution in [-0.4, -0.2) is 42.0 Å². The molecule has 0 radical (unpaired) electrons. The van der Waals surface area contributed by atoms with Gasteiger partial charge in [-0.05, 0) is 44.6 Å². The number of imide groups is 1. The third-order valence-electron chi connectivity index (χ3n) is 4.75. The zero-order chi connectivity index (χ0) is 15.9. The molecule has 0 aromatic heterocycles. The summed E-state index contributed by atoms with van der Waals surface area (Å²) in [6.45, 7) is 5.85. The Morgan fingerprint density at radius 1 is 1.29 bits per heavy atom. The number of nitrogens with two attached hydrogens (primary N) is 2. The number of urea groups is 1. The van der Waals surface area contributed by atoms with Crippen LogP contribution in [0.1, 0.15) is 52.4 Å². The minimum absolute atomic E-state index is 0.114. The van der Waals surface area contributed by atoms with Gasteiger partial charge in [-0.2, -0.15) is 0 Å². The van der Waals surface area contributed by atoms with Crippen LogP contribution >= 0.6 is 0 Å². The molecule has 0 aromatic carbocycles. The maximum absolute atomic E-state index is 11.9. The first-order chi connectivity index (χ1) is 9.97. The van der Waals surface area contributed by atoms with Gasteiger partial charge >= 0.3 is 6.03 Å². The maximum Gasteiger partial charge on any atom is 0.318 e. The van der Waals surface area contributed by atoms with Crippen molar-refractivity contribution < 1.29 is 9.59 Å². The zero-order valence-corrected chi connectivity index (χ0v) is 13.4. The smallest absolute Gasteiger partial charge is 0.318 e. The summed E-state index contributed by atoms with van der Waals surface area (Å²) in [5.41, 5.74) is 11.0. The van der Waals surface area contributed by atoms with Crippen LogP contribution in [-0.2, 0) is 4.79 Å². The predicted molar refractivity (Wildman–Crippen MR) is 83.6 cm³/mol. The molecule has 6 heteroatoms. The molecule has 1 saturated carbocycles. The summed E-state index contributed by atoms with van der Waals surface area (Å²) < 4.78 is 0. The summed E-state index contributed by atoms with van der Waals surface area (Å²) in [7, 11) is 0. The standard InChI is InChI=1S/C15H30N4O2/c1-3-9-19(10-13(20)18-14(17)21)15(11-16)7-5-12(4-2)6-8-15/h12H,3-11,16H2,1-2H3,(H3,17,18,20,21). The fourth-order valence-electron chi connectivity index (χ4n) is 3.38. The van der Waals surface area contributed by atoms with Crippen molar-refractivity contribution in [2.75, 3.05) is 19.6 Å². The molecule has 0 heterocycles. The van der Waals surface area contributed by atoms with E-state index >= 15 is 0 Å². The van der Waals surface area contributed by atoms with Crippen LogP contribution in [0.3, 0.4) is 0 Å². The molecule has 122 valence electrons. The predicted octanol–water partition coefficient (Wildman–Crippen LogP) is 1.19. The largest absolute Gasteiger partial charge is 0.351 e. The number of amides is 3. The van der Waals surface area contributed by atoms with Crippen LogP contribution in [0.15, 0.2) is 0 Å². The van der Waals surface area contributed by atoms with Gasteiger partial charge in [0.25, 0.3) is 0 Å². The summed E-state index contributed by atoms with van der Waals surface area (Å²) in [6.07, 6.45) is 6.51. The van der Waals surface area contributed by atoms with Gasteiger partial charge in [0.15, 0.2) is 0 Å². The van der Waals surface area contributed by atoms with Gasteiger partial charge in [-0.15, -0.1) is 0 Å². The van der Waals surface area contributed by atoms with E-state index in [-0.39, 0.29) is 18.0 Å². The summed E-state index contributed by atoms with van der Waals surface area (Å²) >= 11 is 0. The molecule has 5 N–H and O–H groups in total. The van der Waals surface area contributed by atoms with Crippen molar-refractivity contribution in [2.45, 2.75) is 57.9 Å². The van der Waals surface area contributed by atoms with E-state index in [2.05, 4.69) is 24.1 Å². The topological polar surface area (TPSA) is 101 Å². The zero-order valence-electron chi connectivity index (χ0n) is 13.4.